The van der Waals surface area contributed by atoms with Crippen molar-refractivity contribution in [2.45, 2.75) is 31.8 Å². The van der Waals surface area contributed by atoms with E-state index in [1.807, 2.05) is 31.2 Å². The third-order valence-corrected chi connectivity index (χ3v) is 5.45. The predicted octanol–water partition coefficient (Wildman–Crippen LogP) is 2.61. The molecule has 1 aliphatic carbocycles. The lowest BCUT2D eigenvalue weighted by Gasteiger charge is -2.20. The molecule has 0 spiro atoms. The van der Waals surface area contributed by atoms with Gasteiger partial charge in [-0.3, -0.25) is 9.69 Å². The summed E-state index contributed by atoms with van der Waals surface area (Å²) in [6.45, 7) is 4.38. The molecule has 3 rings (SSSR count). The van der Waals surface area contributed by atoms with Crippen LogP contribution in [-0.2, 0) is 4.79 Å². The number of hydrogen-bond donors (Lipinski definition) is 2. The molecular weight excluding hydrogens is 333 g/mol. The molecule has 1 amide bonds. The Morgan fingerprint density at radius 3 is 2.83 bits per heavy atom. The lowest BCUT2D eigenvalue weighted by Crippen LogP contribution is -2.38. The average Bonchev–Trinajstić information content (AvgIpc) is 3.01. The van der Waals surface area contributed by atoms with Crippen LogP contribution >= 0.6 is 24.0 Å². The number of fused-ring (bicyclic) bond motifs is 1. The molecule has 1 aliphatic heterocycles. The van der Waals surface area contributed by atoms with Crippen LogP contribution in [0.25, 0.3) is 0 Å². The van der Waals surface area contributed by atoms with Crippen LogP contribution in [0.15, 0.2) is 24.3 Å². The highest BCUT2D eigenvalue weighted by molar-refractivity contribution is 6.31. The lowest BCUT2D eigenvalue weighted by atomic mass is 9.98. The summed E-state index contributed by atoms with van der Waals surface area (Å²) in [6.07, 6.45) is 2.35. The standard InChI is InChI=1S/C17H24ClN3O.ClH/c1-11(13-4-2-3-5-15(13)18)20-17(22)10-21-8-12-6-7-16(19)14(12)9-21;/h2-5,11-12,14,16H,6-10,19H2,1H3,(H,20,22);1H. The van der Waals surface area contributed by atoms with Gasteiger partial charge in [-0.15, -0.1) is 12.4 Å². The summed E-state index contributed by atoms with van der Waals surface area (Å²) in [5.74, 6) is 1.32. The number of nitrogens with two attached hydrogens (primary N) is 1. The van der Waals surface area contributed by atoms with E-state index in [4.69, 9.17) is 17.3 Å². The molecule has 6 heteroatoms. The van der Waals surface area contributed by atoms with Crippen molar-refractivity contribution in [2.75, 3.05) is 19.6 Å². The molecule has 1 saturated carbocycles. The largest absolute Gasteiger partial charge is 0.348 e. The Kier molecular flexibility index (Phi) is 6.32. The van der Waals surface area contributed by atoms with Crippen LogP contribution in [0.1, 0.15) is 31.4 Å². The maximum Gasteiger partial charge on any atom is 0.234 e. The maximum atomic E-state index is 12.3. The number of carbonyl (C=O) groups excluding carboxylic acids is 1. The zero-order valence-corrected chi connectivity index (χ0v) is 14.9. The van der Waals surface area contributed by atoms with Gasteiger partial charge in [0.2, 0.25) is 5.91 Å². The minimum atomic E-state index is -0.0782. The molecule has 1 saturated heterocycles. The first kappa shape index (κ1) is 18.5. The molecule has 3 N–H and O–H groups in total. The molecule has 0 aromatic heterocycles. The van der Waals surface area contributed by atoms with E-state index in [0.29, 0.717) is 29.4 Å². The average molecular weight is 358 g/mol. The summed E-state index contributed by atoms with van der Waals surface area (Å²) in [6, 6.07) is 7.87. The Hall–Kier alpha value is -0.810. The van der Waals surface area contributed by atoms with Gasteiger partial charge in [-0.1, -0.05) is 29.8 Å². The van der Waals surface area contributed by atoms with Crippen molar-refractivity contribution in [2.24, 2.45) is 17.6 Å². The molecule has 128 valence electrons. The molecule has 4 nitrogen and oxygen atoms in total. The van der Waals surface area contributed by atoms with E-state index < -0.39 is 0 Å². The van der Waals surface area contributed by atoms with Crippen molar-refractivity contribution in [3.05, 3.63) is 34.9 Å². The van der Waals surface area contributed by atoms with Crippen LogP contribution in [0.5, 0.6) is 0 Å². The monoisotopic (exact) mass is 357 g/mol. The number of rotatable bonds is 4. The third-order valence-electron chi connectivity index (χ3n) is 5.10. The van der Waals surface area contributed by atoms with Crippen molar-refractivity contribution >= 4 is 29.9 Å². The highest BCUT2D eigenvalue weighted by Gasteiger charge is 2.41. The molecule has 4 atom stereocenters. The van der Waals surface area contributed by atoms with Gasteiger partial charge in [0.05, 0.1) is 12.6 Å². The first-order valence-corrected chi connectivity index (χ1v) is 8.44. The minimum absolute atomic E-state index is 0. The molecule has 1 aromatic carbocycles. The second-order valence-electron chi connectivity index (χ2n) is 6.67. The Labute approximate surface area is 149 Å². The molecule has 1 heterocycles. The number of amides is 1. The van der Waals surface area contributed by atoms with E-state index in [2.05, 4.69) is 10.2 Å². The minimum Gasteiger partial charge on any atom is -0.348 e. The van der Waals surface area contributed by atoms with E-state index in [0.717, 1.165) is 25.1 Å². The molecule has 2 fully saturated rings. The molecule has 0 radical (unpaired) electrons. The van der Waals surface area contributed by atoms with Crippen molar-refractivity contribution in [1.29, 1.82) is 0 Å². The van der Waals surface area contributed by atoms with E-state index in [9.17, 15) is 4.79 Å². The summed E-state index contributed by atoms with van der Waals surface area (Å²) in [5.41, 5.74) is 7.10. The number of hydrogen-bond acceptors (Lipinski definition) is 3. The number of halogens is 2. The number of nitrogens with zero attached hydrogens (tertiary/aromatic N) is 1. The summed E-state index contributed by atoms with van der Waals surface area (Å²) < 4.78 is 0. The van der Waals surface area contributed by atoms with Gasteiger partial charge in [0, 0.05) is 24.2 Å². The van der Waals surface area contributed by atoms with E-state index in [1.165, 1.54) is 6.42 Å². The third kappa shape index (κ3) is 4.18. The summed E-state index contributed by atoms with van der Waals surface area (Å²) in [5, 5.41) is 3.74. The van der Waals surface area contributed by atoms with Crippen LogP contribution in [0.3, 0.4) is 0 Å². The highest BCUT2D eigenvalue weighted by atomic mass is 35.5. The van der Waals surface area contributed by atoms with Gasteiger partial charge in [-0.2, -0.15) is 0 Å². The fourth-order valence-corrected chi connectivity index (χ4v) is 4.22. The molecule has 23 heavy (non-hydrogen) atoms. The van der Waals surface area contributed by atoms with Crippen LogP contribution in [0, 0.1) is 11.8 Å². The summed E-state index contributed by atoms with van der Waals surface area (Å²) in [7, 11) is 0. The van der Waals surface area contributed by atoms with Gasteiger partial charge in [0.15, 0.2) is 0 Å². The normalized spacial score (nSPS) is 28.0. The Morgan fingerprint density at radius 1 is 1.39 bits per heavy atom. The Balaban J connectivity index is 0.00000192. The van der Waals surface area contributed by atoms with Crippen molar-refractivity contribution in [3.8, 4) is 0 Å². The van der Waals surface area contributed by atoms with Crippen molar-refractivity contribution in [1.82, 2.24) is 10.2 Å². The number of benzene rings is 1. The van der Waals surface area contributed by atoms with E-state index >= 15 is 0 Å². The molecular formula is C17H25Cl2N3O. The fraction of sp³-hybridized carbons (Fsp3) is 0.588. The number of nitrogens with one attached hydrogen (secondary N) is 1. The molecule has 1 aromatic rings. The van der Waals surface area contributed by atoms with Gasteiger partial charge < -0.3 is 11.1 Å². The quantitative estimate of drug-likeness (QED) is 0.870. The van der Waals surface area contributed by atoms with Crippen LogP contribution in [0.4, 0.5) is 0 Å². The van der Waals surface area contributed by atoms with Crippen molar-refractivity contribution < 1.29 is 4.79 Å². The van der Waals surface area contributed by atoms with Gasteiger partial charge in [0.1, 0.15) is 0 Å². The number of carbonyl (C=O) groups is 1. The smallest absolute Gasteiger partial charge is 0.234 e. The fourth-order valence-electron chi connectivity index (χ4n) is 3.92. The molecule has 4 unspecified atom stereocenters. The zero-order valence-electron chi connectivity index (χ0n) is 13.4. The van der Waals surface area contributed by atoms with Crippen LogP contribution in [-0.4, -0.2) is 36.5 Å². The summed E-state index contributed by atoms with van der Waals surface area (Å²) in [4.78, 5) is 14.5. The Bertz CT molecular complexity index is 554. The molecule has 2 aliphatic rings. The van der Waals surface area contributed by atoms with Crippen LogP contribution in [0.2, 0.25) is 5.02 Å². The topological polar surface area (TPSA) is 58.4 Å². The van der Waals surface area contributed by atoms with E-state index in [1.54, 1.807) is 0 Å². The first-order valence-electron chi connectivity index (χ1n) is 8.06. The second kappa shape index (κ2) is 7.84. The number of likely N-dealkylation sites (tertiary alicyclic amines) is 1. The van der Waals surface area contributed by atoms with Crippen molar-refractivity contribution in [3.63, 3.8) is 0 Å². The lowest BCUT2D eigenvalue weighted by molar-refractivity contribution is -0.122. The molecule has 0 bridgehead atoms. The predicted molar refractivity (Wildman–Crippen MR) is 95.9 cm³/mol. The van der Waals surface area contributed by atoms with Gasteiger partial charge in [0.25, 0.3) is 0 Å². The van der Waals surface area contributed by atoms with Gasteiger partial charge in [-0.25, -0.2) is 0 Å². The maximum absolute atomic E-state index is 12.3. The van der Waals surface area contributed by atoms with Gasteiger partial charge >= 0.3 is 0 Å². The van der Waals surface area contributed by atoms with Crippen LogP contribution < -0.4 is 11.1 Å². The first-order chi connectivity index (χ1) is 10.5. The van der Waals surface area contributed by atoms with E-state index in [-0.39, 0.29) is 24.4 Å². The highest BCUT2D eigenvalue weighted by Crippen LogP contribution is 2.36. The summed E-state index contributed by atoms with van der Waals surface area (Å²) >= 11 is 6.18. The SMILES string of the molecule is CC(NC(=O)CN1CC2CCC(N)C2C1)c1ccccc1Cl.Cl. The Morgan fingerprint density at radius 2 is 2.13 bits per heavy atom. The van der Waals surface area contributed by atoms with Gasteiger partial charge in [-0.05, 0) is 43.2 Å². The zero-order chi connectivity index (χ0) is 15.7. The second-order valence-corrected chi connectivity index (χ2v) is 7.08.